The highest BCUT2D eigenvalue weighted by Gasteiger charge is 2.28. The molecule has 0 radical (unpaired) electrons. The highest BCUT2D eigenvalue weighted by molar-refractivity contribution is 5.79. The molecule has 0 bridgehead atoms. The standard InChI is InChI=1S/C22H34N4O5/c1-16(2)23-22(27)17-3-5-18(6-4-17)24-20-15-19(7-8-21(20)26(28)29)31-14-11-25-9-12-30-13-10-25/h7-8,15-18,24H,3-6,9-14H2,1-2H3,(H,23,27)/t17-,18+. The number of hydrogen-bond donors (Lipinski definition) is 2. The number of nitrogens with one attached hydrogen (secondary N) is 2. The molecule has 0 spiro atoms. The van der Waals surface area contributed by atoms with Crippen LogP contribution in [-0.2, 0) is 9.53 Å². The number of nitro groups is 1. The molecule has 1 aliphatic heterocycles. The number of rotatable bonds is 9. The summed E-state index contributed by atoms with van der Waals surface area (Å²) in [4.78, 5) is 25.6. The van der Waals surface area contributed by atoms with Crippen molar-refractivity contribution in [1.82, 2.24) is 10.2 Å². The lowest BCUT2D eigenvalue weighted by Crippen LogP contribution is -2.39. The smallest absolute Gasteiger partial charge is 0.292 e. The van der Waals surface area contributed by atoms with Gasteiger partial charge in [-0.05, 0) is 45.6 Å². The van der Waals surface area contributed by atoms with Gasteiger partial charge in [0.25, 0.3) is 5.69 Å². The van der Waals surface area contributed by atoms with E-state index in [0.29, 0.717) is 18.0 Å². The molecule has 172 valence electrons. The molecule has 3 rings (SSSR count). The molecule has 2 aliphatic rings. The number of morpholine rings is 1. The molecule has 2 fully saturated rings. The van der Waals surface area contributed by atoms with E-state index in [1.165, 1.54) is 6.07 Å². The first-order valence-corrected chi connectivity index (χ1v) is 11.2. The third-order valence-electron chi connectivity index (χ3n) is 5.83. The number of nitrogens with zero attached hydrogens (tertiary/aromatic N) is 2. The lowest BCUT2D eigenvalue weighted by molar-refractivity contribution is -0.384. The molecule has 2 N–H and O–H groups in total. The van der Waals surface area contributed by atoms with E-state index in [1.807, 2.05) is 13.8 Å². The van der Waals surface area contributed by atoms with Crippen LogP contribution < -0.4 is 15.4 Å². The molecular formula is C22H34N4O5. The minimum atomic E-state index is -0.373. The molecule has 1 heterocycles. The van der Waals surface area contributed by atoms with Crippen molar-refractivity contribution in [3.05, 3.63) is 28.3 Å². The average Bonchev–Trinajstić information content (AvgIpc) is 2.74. The molecule has 1 aromatic carbocycles. The first-order chi connectivity index (χ1) is 14.9. The number of nitro benzene ring substituents is 1. The fraction of sp³-hybridized carbons (Fsp3) is 0.682. The summed E-state index contributed by atoms with van der Waals surface area (Å²) in [5.41, 5.74) is 0.518. The maximum Gasteiger partial charge on any atom is 0.292 e. The molecular weight excluding hydrogens is 400 g/mol. The minimum absolute atomic E-state index is 0.0188. The SMILES string of the molecule is CC(C)NC(=O)[C@H]1CC[C@@H](Nc2cc(OCCN3CCOCC3)ccc2[N+](=O)[O-])CC1. The van der Waals surface area contributed by atoms with Crippen molar-refractivity contribution in [2.75, 3.05) is 44.8 Å². The minimum Gasteiger partial charge on any atom is -0.492 e. The Bertz CT molecular complexity index is 743. The molecule has 9 heteroatoms. The lowest BCUT2D eigenvalue weighted by Gasteiger charge is -2.29. The Labute approximate surface area is 183 Å². The molecule has 1 saturated heterocycles. The van der Waals surface area contributed by atoms with Crippen molar-refractivity contribution in [2.45, 2.75) is 51.6 Å². The van der Waals surface area contributed by atoms with Gasteiger partial charge in [0, 0.05) is 49.8 Å². The van der Waals surface area contributed by atoms with E-state index in [1.54, 1.807) is 12.1 Å². The predicted octanol–water partition coefficient (Wildman–Crippen LogP) is 2.80. The fourth-order valence-corrected chi connectivity index (χ4v) is 4.12. The van der Waals surface area contributed by atoms with Crippen LogP contribution in [0.25, 0.3) is 0 Å². The number of carbonyl (C=O) groups excluding carboxylic acids is 1. The Morgan fingerprint density at radius 2 is 1.97 bits per heavy atom. The maximum absolute atomic E-state index is 12.2. The molecule has 1 saturated carbocycles. The van der Waals surface area contributed by atoms with E-state index in [2.05, 4.69) is 15.5 Å². The Hall–Kier alpha value is -2.39. The molecule has 0 atom stereocenters. The number of ether oxygens (including phenoxy) is 2. The number of benzene rings is 1. The van der Waals surface area contributed by atoms with E-state index in [4.69, 9.17) is 9.47 Å². The van der Waals surface area contributed by atoms with Crippen LogP contribution in [0.4, 0.5) is 11.4 Å². The third kappa shape index (κ3) is 7.07. The number of anilines is 1. The number of carbonyl (C=O) groups is 1. The second-order valence-electron chi connectivity index (χ2n) is 8.59. The largest absolute Gasteiger partial charge is 0.492 e. The molecule has 0 aromatic heterocycles. The second kappa shape index (κ2) is 11.3. The first kappa shape index (κ1) is 23.3. The molecule has 0 unspecified atom stereocenters. The third-order valence-corrected chi connectivity index (χ3v) is 5.83. The van der Waals surface area contributed by atoms with Gasteiger partial charge in [0.15, 0.2) is 0 Å². The Morgan fingerprint density at radius 3 is 2.61 bits per heavy atom. The van der Waals surface area contributed by atoms with Crippen molar-refractivity contribution in [2.24, 2.45) is 5.92 Å². The van der Waals surface area contributed by atoms with Gasteiger partial charge < -0.3 is 20.1 Å². The van der Waals surface area contributed by atoms with E-state index in [-0.39, 0.29) is 34.5 Å². The number of amides is 1. The summed E-state index contributed by atoms with van der Waals surface area (Å²) < 4.78 is 11.2. The second-order valence-corrected chi connectivity index (χ2v) is 8.59. The summed E-state index contributed by atoms with van der Waals surface area (Å²) in [6, 6.07) is 5.10. The van der Waals surface area contributed by atoms with Crippen molar-refractivity contribution < 1.29 is 19.2 Å². The summed E-state index contributed by atoms with van der Waals surface area (Å²) in [7, 11) is 0. The summed E-state index contributed by atoms with van der Waals surface area (Å²) in [6.07, 6.45) is 3.16. The highest BCUT2D eigenvalue weighted by Crippen LogP contribution is 2.33. The van der Waals surface area contributed by atoms with E-state index >= 15 is 0 Å². The molecule has 1 aliphatic carbocycles. The van der Waals surface area contributed by atoms with Gasteiger partial charge >= 0.3 is 0 Å². The summed E-state index contributed by atoms with van der Waals surface area (Å²) in [6.45, 7) is 8.52. The maximum atomic E-state index is 12.2. The van der Waals surface area contributed by atoms with Crippen LogP contribution in [0.5, 0.6) is 5.75 Å². The monoisotopic (exact) mass is 434 g/mol. The van der Waals surface area contributed by atoms with Crippen LogP contribution in [0.3, 0.4) is 0 Å². The Kier molecular flexibility index (Phi) is 8.48. The first-order valence-electron chi connectivity index (χ1n) is 11.2. The van der Waals surface area contributed by atoms with Crippen LogP contribution in [0, 0.1) is 16.0 Å². The van der Waals surface area contributed by atoms with Crippen LogP contribution in [-0.4, -0.2) is 67.3 Å². The van der Waals surface area contributed by atoms with Crippen LogP contribution in [0.15, 0.2) is 18.2 Å². The molecule has 9 nitrogen and oxygen atoms in total. The van der Waals surface area contributed by atoms with Crippen LogP contribution in [0.2, 0.25) is 0 Å². The molecule has 1 aromatic rings. The van der Waals surface area contributed by atoms with Crippen molar-refractivity contribution in [1.29, 1.82) is 0 Å². The van der Waals surface area contributed by atoms with Crippen molar-refractivity contribution in [3.8, 4) is 5.75 Å². The van der Waals surface area contributed by atoms with Gasteiger partial charge in [0.1, 0.15) is 18.0 Å². The van der Waals surface area contributed by atoms with E-state index < -0.39 is 0 Å². The fourth-order valence-electron chi connectivity index (χ4n) is 4.12. The van der Waals surface area contributed by atoms with E-state index in [9.17, 15) is 14.9 Å². The zero-order chi connectivity index (χ0) is 22.2. The zero-order valence-corrected chi connectivity index (χ0v) is 18.5. The summed E-state index contributed by atoms with van der Waals surface area (Å²) >= 11 is 0. The van der Waals surface area contributed by atoms with Crippen LogP contribution >= 0.6 is 0 Å². The normalized spacial score (nSPS) is 22.2. The molecule has 1 amide bonds. The Balaban J connectivity index is 1.54. The highest BCUT2D eigenvalue weighted by atomic mass is 16.6. The van der Waals surface area contributed by atoms with Gasteiger partial charge in [0.2, 0.25) is 5.91 Å². The topological polar surface area (TPSA) is 106 Å². The van der Waals surface area contributed by atoms with E-state index in [0.717, 1.165) is 58.5 Å². The zero-order valence-electron chi connectivity index (χ0n) is 18.5. The van der Waals surface area contributed by atoms with Gasteiger partial charge in [-0.1, -0.05) is 0 Å². The van der Waals surface area contributed by atoms with Gasteiger partial charge in [-0.15, -0.1) is 0 Å². The predicted molar refractivity (Wildman–Crippen MR) is 118 cm³/mol. The van der Waals surface area contributed by atoms with Gasteiger partial charge in [-0.25, -0.2) is 0 Å². The van der Waals surface area contributed by atoms with Gasteiger partial charge in [0.05, 0.1) is 18.1 Å². The lowest BCUT2D eigenvalue weighted by atomic mass is 9.85. The Morgan fingerprint density at radius 1 is 1.26 bits per heavy atom. The quantitative estimate of drug-likeness (QED) is 0.455. The average molecular weight is 435 g/mol. The summed E-state index contributed by atoms with van der Waals surface area (Å²) in [5, 5.41) is 17.8. The van der Waals surface area contributed by atoms with Crippen molar-refractivity contribution >= 4 is 17.3 Å². The molecule has 31 heavy (non-hydrogen) atoms. The summed E-state index contributed by atoms with van der Waals surface area (Å²) in [5.74, 6) is 0.742. The van der Waals surface area contributed by atoms with Gasteiger partial charge in [-0.3, -0.25) is 19.8 Å². The van der Waals surface area contributed by atoms with Crippen LogP contribution in [0.1, 0.15) is 39.5 Å². The van der Waals surface area contributed by atoms with Gasteiger partial charge in [-0.2, -0.15) is 0 Å². The number of hydrogen-bond acceptors (Lipinski definition) is 7. The van der Waals surface area contributed by atoms with Crippen molar-refractivity contribution in [3.63, 3.8) is 0 Å².